The number of nitriles is 2. The lowest BCUT2D eigenvalue weighted by Crippen LogP contribution is -2.03. The summed E-state index contributed by atoms with van der Waals surface area (Å²) in [5.74, 6) is 4.81. The third-order valence-corrected chi connectivity index (χ3v) is 10.0. The lowest BCUT2D eigenvalue weighted by atomic mass is 10.1. The molecule has 0 aliphatic heterocycles. The molecule has 4 aromatic rings. The molecule has 0 bridgehead atoms. The minimum absolute atomic E-state index is 0.630. The zero-order valence-electron chi connectivity index (χ0n) is 35.4. The predicted molar refractivity (Wildman–Crippen MR) is 238 cm³/mol. The van der Waals surface area contributed by atoms with Crippen LogP contribution < -0.4 is 28.4 Å². The molecule has 0 heterocycles. The minimum Gasteiger partial charge on any atom is -0.494 e. The number of nitrogens with zero attached hydrogens (tertiary/aromatic N) is 3. The van der Waals surface area contributed by atoms with Gasteiger partial charge in [-0.05, 0) is 99.2 Å². The first kappa shape index (κ1) is 46.8. The molecule has 0 amide bonds. The molecule has 0 aliphatic rings. The van der Waals surface area contributed by atoms with Crippen LogP contribution >= 0.6 is 0 Å². The second kappa shape index (κ2) is 30.2. The van der Waals surface area contributed by atoms with E-state index in [0.29, 0.717) is 56.5 Å². The van der Waals surface area contributed by atoms with Crippen molar-refractivity contribution >= 4 is 5.69 Å². The molecule has 0 saturated heterocycles. The Bertz CT molecular complexity index is 1630. The topological polar surface area (TPSA) is 107 Å². The van der Waals surface area contributed by atoms with Crippen molar-refractivity contribution in [2.75, 3.05) is 39.6 Å². The van der Waals surface area contributed by atoms with E-state index in [9.17, 15) is 0 Å². The average Bonchev–Trinajstić information content (AvgIpc) is 3.28. The molecule has 4 aromatic carbocycles. The molecule has 0 saturated carbocycles. The van der Waals surface area contributed by atoms with Crippen molar-refractivity contribution in [1.29, 1.82) is 10.5 Å². The van der Waals surface area contributed by atoms with Gasteiger partial charge >= 0.3 is 0 Å². The van der Waals surface area contributed by atoms with Gasteiger partial charge in [-0.3, -0.25) is 0 Å². The highest BCUT2D eigenvalue weighted by molar-refractivity contribution is 5.47. The Morgan fingerprint density at radius 1 is 0.333 bits per heavy atom. The summed E-state index contributed by atoms with van der Waals surface area (Å²) in [5, 5.41) is 17.9. The summed E-state index contributed by atoms with van der Waals surface area (Å²) in [6, 6.07) is 32.1. The first-order valence-corrected chi connectivity index (χ1v) is 22.0. The van der Waals surface area contributed by atoms with E-state index in [1.54, 1.807) is 36.4 Å². The molecule has 9 nitrogen and oxygen atoms in total. The van der Waals surface area contributed by atoms with Crippen LogP contribution in [0.5, 0.6) is 34.5 Å². The molecule has 0 N–H and O–H groups in total. The van der Waals surface area contributed by atoms with E-state index in [1.165, 1.54) is 25.7 Å². The van der Waals surface area contributed by atoms with Crippen molar-refractivity contribution in [3.8, 4) is 46.6 Å². The Morgan fingerprint density at radius 3 is 0.817 bits per heavy atom. The second-order valence-corrected chi connectivity index (χ2v) is 15.0. The van der Waals surface area contributed by atoms with Gasteiger partial charge in [0, 0.05) is 18.2 Å². The lowest BCUT2D eigenvalue weighted by molar-refractivity contribution is 0.274. The van der Waals surface area contributed by atoms with Gasteiger partial charge in [0.2, 0.25) is 0 Å². The van der Waals surface area contributed by atoms with E-state index in [4.69, 9.17) is 45.5 Å². The van der Waals surface area contributed by atoms with E-state index < -0.39 is 0 Å². The molecule has 60 heavy (non-hydrogen) atoms. The third-order valence-electron chi connectivity index (χ3n) is 10.0. The van der Waals surface area contributed by atoms with E-state index >= 15 is 0 Å². The van der Waals surface area contributed by atoms with Gasteiger partial charge in [-0.2, -0.15) is 10.5 Å². The van der Waals surface area contributed by atoms with Crippen molar-refractivity contribution in [3.63, 3.8) is 0 Å². The summed E-state index contributed by atoms with van der Waals surface area (Å²) in [5.41, 5.74) is 1.92. The highest BCUT2D eigenvalue weighted by Crippen LogP contribution is 2.29. The van der Waals surface area contributed by atoms with Gasteiger partial charge in [0.15, 0.2) is 5.69 Å². The van der Waals surface area contributed by atoms with Gasteiger partial charge in [0.1, 0.15) is 34.5 Å². The summed E-state index contributed by atoms with van der Waals surface area (Å²) in [6.07, 6.45) is 19.8. The molecular weight excluding hydrogens is 751 g/mol. The third kappa shape index (κ3) is 20.7. The highest BCUT2D eigenvalue weighted by atomic mass is 16.5. The maximum Gasteiger partial charge on any atom is 0.187 e. The van der Waals surface area contributed by atoms with Crippen LogP contribution in [0, 0.1) is 29.2 Å². The van der Waals surface area contributed by atoms with Crippen molar-refractivity contribution < 1.29 is 28.4 Å². The fraction of sp³-hybridized carbons (Fsp3) is 0.471. The SMILES string of the molecule is [C-]#[N+]c1ccc(OCCCCCCCCOc2cc(OCCCCCCCCOc3ccc(C#N)cc3)cc(OCCCCCCCCOc3ccc(C#N)cc3)c2)cc1. The molecule has 9 heteroatoms. The molecule has 0 radical (unpaired) electrons. The number of rotatable bonds is 33. The largest absolute Gasteiger partial charge is 0.494 e. The number of ether oxygens (including phenoxy) is 6. The molecule has 0 unspecified atom stereocenters. The molecule has 0 fully saturated rings. The van der Waals surface area contributed by atoms with E-state index in [0.717, 1.165) is 124 Å². The molecule has 318 valence electrons. The molecule has 0 aliphatic carbocycles. The zero-order chi connectivity index (χ0) is 42.1. The van der Waals surface area contributed by atoms with Gasteiger partial charge < -0.3 is 28.4 Å². The molecular formula is C51H63N3O6. The number of hydrogen-bond acceptors (Lipinski definition) is 8. The fourth-order valence-electron chi connectivity index (χ4n) is 6.54. The van der Waals surface area contributed by atoms with Crippen molar-refractivity contribution in [2.45, 2.75) is 116 Å². The molecule has 0 aromatic heterocycles. The summed E-state index contributed by atoms with van der Waals surface area (Å²) in [7, 11) is 0. The average molecular weight is 814 g/mol. The Kier molecular flexibility index (Phi) is 23.6. The van der Waals surface area contributed by atoms with Gasteiger partial charge in [-0.25, -0.2) is 4.85 Å². The summed E-state index contributed by atoms with van der Waals surface area (Å²) in [4.78, 5) is 3.42. The van der Waals surface area contributed by atoms with E-state index in [2.05, 4.69) is 17.0 Å². The summed E-state index contributed by atoms with van der Waals surface area (Å²) >= 11 is 0. The van der Waals surface area contributed by atoms with Crippen LogP contribution in [0.15, 0.2) is 91.0 Å². The van der Waals surface area contributed by atoms with Crippen LogP contribution in [-0.2, 0) is 0 Å². The van der Waals surface area contributed by atoms with Crippen LogP contribution in [0.1, 0.15) is 127 Å². The van der Waals surface area contributed by atoms with Crippen LogP contribution in [0.4, 0.5) is 5.69 Å². The zero-order valence-corrected chi connectivity index (χ0v) is 35.4. The fourth-order valence-corrected chi connectivity index (χ4v) is 6.54. The second-order valence-electron chi connectivity index (χ2n) is 15.0. The maximum absolute atomic E-state index is 8.94. The highest BCUT2D eigenvalue weighted by Gasteiger charge is 2.07. The normalized spacial score (nSPS) is 10.6. The Labute approximate surface area is 359 Å². The lowest BCUT2D eigenvalue weighted by Gasteiger charge is -2.14. The first-order chi connectivity index (χ1) is 29.6. The van der Waals surface area contributed by atoms with Gasteiger partial charge in [-0.15, -0.1) is 0 Å². The van der Waals surface area contributed by atoms with Crippen molar-refractivity contribution in [3.05, 3.63) is 114 Å². The number of unbranched alkanes of at least 4 members (excludes halogenated alkanes) is 15. The predicted octanol–water partition coefficient (Wildman–Crippen LogP) is 13.4. The van der Waals surface area contributed by atoms with Crippen molar-refractivity contribution in [1.82, 2.24) is 0 Å². The standard InChI is InChI=1S/C51H63N3O6/c1-54-45-24-30-48(31-25-45)57-34-16-10-4-7-13-19-37-60-51-39-49(58-35-17-11-5-2-8-14-32-55-46-26-20-43(41-52)21-27-46)38-50(40-51)59-36-18-12-6-3-9-15-33-56-47-28-22-44(42-53)23-29-47/h20-31,38-40H,2-19,32-37H2. The van der Waals surface area contributed by atoms with Gasteiger partial charge in [0.25, 0.3) is 0 Å². The van der Waals surface area contributed by atoms with Crippen molar-refractivity contribution in [2.24, 2.45) is 0 Å². The quantitative estimate of drug-likeness (QED) is 0.0346. The van der Waals surface area contributed by atoms with Crippen LogP contribution in [0.25, 0.3) is 4.85 Å². The molecule has 4 rings (SSSR count). The molecule has 0 atom stereocenters. The Hall–Kier alpha value is -5.85. The smallest absolute Gasteiger partial charge is 0.187 e. The van der Waals surface area contributed by atoms with Gasteiger partial charge in [0.05, 0.1) is 69.5 Å². The van der Waals surface area contributed by atoms with Crippen LogP contribution in [-0.4, -0.2) is 39.6 Å². The first-order valence-electron chi connectivity index (χ1n) is 22.0. The monoisotopic (exact) mass is 813 g/mol. The van der Waals surface area contributed by atoms with E-state index in [1.807, 2.05) is 54.6 Å². The van der Waals surface area contributed by atoms with Gasteiger partial charge in [-0.1, -0.05) is 89.2 Å². The molecule has 0 spiro atoms. The Balaban J connectivity index is 1.08. The summed E-state index contributed by atoms with van der Waals surface area (Å²) in [6.45, 7) is 11.1. The summed E-state index contributed by atoms with van der Waals surface area (Å²) < 4.78 is 36.0. The van der Waals surface area contributed by atoms with Crippen LogP contribution in [0.3, 0.4) is 0 Å². The van der Waals surface area contributed by atoms with E-state index in [-0.39, 0.29) is 0 Å². The maximum atomic E-state index is 8.94. The Morgan fingerprint density at radius 2 is 0.567 bits per heavy atom. The van der Waals surface area contributed by atoms with Crippen LogP contribution in [0.2, 0.25) is 0 Å². The number of hydrogen-bond donors (Lipinski definition) is 0. The minimum atomic E-state index is 0.630. The number of benzene rings is 4.